The molecule has 0 saturated heterocycles. The third-order valence-corrected chi connectivity index (χ3v) is 4.80. The normalized spacial score (nSPS) is 14.7. The molecule has 0 unspecified atom stereocenters. The number of halogens is 1. The molecule has 1 amide bonds. The summed E-state index contributed by atoms with van der Waals surface area (Å²) in [7, 11) is 1.51. The minimum absolute atomic E-state index is 0.00352. The number of amides is 1. The van der Waals surface area contributed by atoms with Crippen molar-refractivity contribution in [3.63, 3.8) is 0 Å². The van der Waals surface area contributed by atoms with Gasteiger partial charge in [-0.1, -0.05) is 11.6 Å². The van der Waals surface area contributed by atoms with Gasteiger partial charge in [-0.3, -0.25) is 20.5 Å². The standard InChI is InChI=1S/C22H21ClN6O5/c1-3-32-15-5-4-11(19(24)25)6-16(15)34-21-18-20(26-10-17(30)27-18)28-22(29-21)33-14-8-12(23)7-13(9-14)31-2/h4-9H,3,10H2,1-2H3,(H3,24,25)(H,27,30)(H,26,28,29). The molecular weight excluding hydrogens is 464 g/mol. The Kier molecular flexibility index (Phi) is 6.55. The number of nitrogens with one attached hydrogen (secondary N) is 3. The van der Waals surface area contributed by atoms with Crippen LogP contribution in [0.15, 0.2) is 58.0 Å². The van der Waals surface area contributed by atoms with Gasteiger partial charge in [-0.2, -0.15) is 4.99 Å². The van der Waals surface area contributed by atoms with Crippen molar-refractivity contribution in [2.45, 2.75) is 6.92 Å². The molecule has 0 aromatic heterocycles. The Hall–Kier alpha value is -4.25. The monoisotopic (exact) mass is 484 g/mol. The molecule has 2 aromatic rings. The molecule has 5 N–H and O–H groups in total. The van der Waals surface area contributed by atoms with Crippen molar-refractivity contribution in [2.24, 2.45) is 15.7 Å². The molecule has 0 radical (unpaired) electrons. The number of rotatable bonds is 7. The third kappa shape index (κ3) is 5.04. The number of carbonyl (C=O) groups excluding carboxylic acids is 1. The molecule has 2 heterocycles. The minimum atomic E-state index is -0.330. The summed E-state index contributed by atoms with van der Waals surface area (Å²) < 4.78 is 22.7. The number of carbonyl (C=O) groups is 1. The van der Waals surface area contributed by atoms with Crippen LogP contribution in [0, 0.1) is 5.41 Å². The summed E-state index contributed by atoms with van der Waals surface area (Å²) in [6, 6.07) is 9.69. The number of ether oxygens (including phenoxy) is 4. The predicted molar refractivity (Wildman–Crippen MR) is 126 cm³/mol. The zero-order valence-electron chi connectivity index (χ0n) is 18.3. The second kappa shape index (κ2) is 9.71. The largest absolute Gasteiger partial charge is 0.497 e. The molecule has 2 aromatic carbocycles. The number of nitrogens with zero attached hydrogens (tertiary/aromatic N) is 2. The van der Waals surface area contributed by atoms with Gasteiger partial charge in [-0.05, 0) is 37.3 Å². The molecule has 0 aliphatic carbocycles. The number of amidine groups is 3. The number of methoxy groups -OCH3 is 1. The highest BCUT2D eigenvalue weighted by molar-refractivity contribution is 6.30. The second-order valence-corrected chi connectivity index (χ2v) is 7.41. The van der Waals surface area contributed by atoms with E-state index in [1.807, 2.05) is 6.92 Å². The molecule has 0 spiro atoms. The zero-order valence-corrected chi connectivity index (χ0v) is 19.0. The lowest BCUT2D eigenvalue weighted by Gasteiger charge is -2.25. The number of aliphatic imine (C=N–C) groups is 2. The molecule has 2 aliphatic heterocycles. The molecule has 4 rings (SSSR count). The van der Waals surface area contributed by atoms with Crippen LogP contribution in [0.2, 0.25) is 5.02 Å². The number of nitrogens with two attached hydrogens (primary N) is 1. The number of hydrogen-bond acceptors (Lipinski definition) is 9. The van der Waals surface area contributed by atoms with Crippen molar-refractivity contribution in [1.82, 2.24) is 10.6 Å². The first-order valence-corrected chi connectivity index (χ1v) is 10.5. The Morgan fingerprint density at radius 1 is 1.15 bits per heavy atom. The number of benzene rings is 2. The van der Waals surface area contributed by atoms with Crippen LogP contribution in [0.1, 0.15) is 12.5 Å². The van der Waals surface area contributed by atoms with E-state index in [0.29, 0.717) is 40.3 Å². The van der Waals surface area contributed by atoms with Crippen LogP contribution < -0.4 is 35.3 Å². The van der Waals surface area contributed by atoms with Gasteiger partial charge in [-0.25, -0.2) is 0 Å². The molecule has 2 aliphatic rings. The molecule has 12 heteroatoms. The van der Waals surface area contributed by atoms with Gasteiger partial charge in [0.1, 0.15) is 29.6 Å². The fourth-order valence-corrected chi connectivity index (χ4v) is 3.30. The summed E-state index contributed by atoms with van der Waals surface area (Å²) in [6.07, 6.45) is 0. The first-order chi connectivity index (χ1) is 16.4. The Bertz CT molecular complexity index is 1260. The van der Waals surface area contributed by atoms with Crippen LogP contribution in [-0.4, -0.2) is 43.9 Å². The first-order valence-electron chi connectivity index (χ1n) is 10.1. The maximum absolute atomic E-state index is 12.0. The molecule has 34 heavy (non-hydrogen) atoms. The average molecular weight is 485 g/mol. The van der Waals surface area contributed by atoms with Crippen LogP contribution in [0.3, 0.4) is 0 Å². The lowest BCUT2D eigenvalue weighted by Crippen LogP contribution is -2.48. The van der Waals surface area contributed by atoms with Crippen LogP contribution in [0.25, 0.3) is 0 Å². The lowest BCUT2D eigenvalue weighted by atomic mass is 10.2. The van der Waals surface area contributed by atoms with E-state index >= 15 is 0 Å². The van der Waals surface area contributed by atoms with Crippen LogP contribution in [0.4, 0.5) is 0 Å². The van der Waals surface area contributed by atoms with Gasteiger partial charge in [0, 0.05) is 16.7 Å². The molecule has 176 valence electrons. The maximum atomic E-state index is 12.0. The predicted octanol–water partition coefficient (Wildman–Crippen LogP) is 2.15. The van der Waals surface area contributed by atoms with E-state index in [1.54, 1.807) is 36.4 Å². The summed E-state index contributed by atoms with van der Waals surface area (Å²) in [6.45, 7) is 2.12. The Labute approximate surface area is 199 Å². The molecular formula is C22H21ClN6O5. The van der Waals surface area contributed by atoms with Gasteiger partial charge < -0.3 is 30.0 Å². The van der Waals surface area contributed by atoms with E-state index in [4.69, 9.17) is 41.7 Å². The van der Waals surface area contributed by atoms with Crippen molar-refractivity contribution < 1.29 is 23.7 Å². The maximum Gasteiger partial charge on any atom is 0.304 e. The summed E-state index contributed by atoms with van der Waals surface area (Å²) in [5.74, 6) is 1.31. The van der Waals surface area contributed by atoms with Crippen LogP contribution >= 0.6 is 11.6 Å². The highest BCUT2D eigenvalue weighted by Crippen LogP contribution is 2.32. The van der Waals surface area contributed by atoms with E-state index in [-0.39, 0.29) is 41.6 Å². The fourth-order valence-electron chi connectivity index (χ4n) is 3.08. The Morgan fingerprint density at radius 2 is 1.94 bits per heavy atom. The van der Waals surface area contributed by atoms with Gasteiger partial charge in [0.2, 0.25) is 5.91 Å². The highest BCUT2D eigenvalue weighted by Gasteiger charge is 2.29. The van der Waals surface area contributed by atoms with E-state index in [9.17, 15) is 4.79 Å². The van der Waals surface area contributed by atoms with Crippen molar-refractivity contribution in [3.8, 4) is 23.0 Å². The van der Waals surface area contributed by atoms with Gasteiger partial charge >= 0.3 is 6.02 Å². The van der Waals surface area contributed by atoms with Gasteiger partial charge in [0.25, 0.3) is 5.88 Å². The van der Waals surface area contributed by atoms with Crippen molar-refractivity contribution >= 4 is 35.2 Å². The van der Waals surface area contributed by atoms with E-state index in [2.05, 4.69) is 20.6 Å². The van der Waals surface area contributed by atoms with E-state index < -0.39 is 0 Å². The summed E-state index contributed by atoms with van der Waals surface area (Å²) >= 11 is 6.13. The summed E-state index contributed by atoms with van der Waals surface area (Å²) in [4.78, 5) is 20.6. The van der Waals surface area contributed by atoms with Gasteiger partial charge in [0.15, 0.2) is 17.3 Å². The topological polar surface area (TPSA) is 153 Å². The van der Waals surface area contributed by atoms with Gasteiger partial charge in [-0.15, -0.1) is 0 Å². The number of fused-ring (bicyclic) bond motifs is 1. The van der Waals surface area contributed by atoms with Crippen LogP contribution in [-0.2, 0) is 4.79 Å². The smallest absolute Gasteiger partial charge is 0.304 e. The number of nitrogen functional groups attached to an aromatic ring is 1. The highest BCUT2D eigenvalue weighted by atomic mass is 35.5. The summed E-state index contributed by atoms with van der Waals surface area (Å²) in [5.41, 5.74) is 6.28. The SMILES string of the molecule is CCOc1ccc(C(=N)N)cc1OC1=C2NC(=O)CN=C2NC(Oc2cc(Cl)cc(OC)c2)=N1. The van der Waals surface area contributed by atoms with Crippen molar-refractivity contribution in [1.29, 1.82) is 5.41 Å². The van der Waals surface area contributed by atoms with Crippen molar-refractivity contribution in [3.05, 3.63) is 58.6 Å². The molecule has 0 fully saturated rings. The molecule has 0 saturated carbocycles. The second-order valence-electron chi connectivity index (χ2n) is 6.97. The zero-order chi connectivity index (χ0) is 24.2. The Balaban J connectivity index is 1.74. The molecule has 11 nitrogen and oxygen atoms in total. The van der Waals surface area contributed by atoms with E-state index in [0.717, 1.165) is 0 Å². The average Bonchev–Trinajstić information content (AvgIpc) is 2.80. The van der Waals surface area contributed by atoms with Crippen molar-refractivity contribution in [2.75, 3.05) is 20.3 Å². The Morgan fingerprint density at radius 3 is 2.68 bits per heavy atom. The quantitative estimate of drug-likeness (QED) is 0.347. The summed E-state index contributed by atoms with van der Waals surface area (Å²) in [5, 5.41) is 13.7. The molecule has 0 bridgehead atoms. The number of hydrogen-bond donors (Lipinski definition) is 4. The minimum Gasteiger partial charge on any atom is -0.497 e. The first kappa shape index (κ1) is 22.9. The van der Waals surface area contributed by atoms with Crippen LogP contribution in [0.5, 0.6) is 23.0 Å². The third-order valence-electron chi connectivity index (χ3n) is 4.58. The lowest BCUT2D eigenvalue weighted by molar-refractivity contribution is -0.119. The van der Waals surface area contributed by atoms with E-state index in [1.165, 1.54) is 7.11 Å². The van der Waals surface area contributed by atoms with Gasteiger partial charge in [0.05, 0.1) is 13.7 Å². The fraction of sp³-hybridized carbons (Fsp3) is 0.182. The molecule has 0 atom stereocenters.